The molecule has 0 radical (unpaired) electrons. The minimum atomic E-state index is -0.371. The molecule has 144 valence electrons. The Morgan fingerprint density at radius 2 is 1.93 bits per heavy atom. The fourth-order valence-electron chi connectivity index (χ4n) is 4.10. The van der Waals surface area contributed by atoms with Gasteiger partial charge in [-0.15, -0.1) is 0 Å². The maximum absolute atomic E-state index is 11.6. The minimum absolute atomic E-state index is 0.0346. The summed E-state index contributed by atoms with van der Waals surface area (Å²) >= 11 is 0. The number of nitrogens with zero attached hydrogens (tertiary/aromatic N) is 3. The van der Waals surface area contributed by atoms with Gasteiger partial charge < -0.3 is 14.1 Å². The summed E-state index contributed by atoms with van der Waals surface area (Å²) in [7, 11) is 0. The standard InChI is InChI=1S/C19H23N3O5/c1-12(23)13-2-4-14(5-3-13)19-20-15-10-16(21-6-8-26-9-7-21)17(22(24)25)11-18(15)27-19/h10-11,13-14H,2-9H2,1H3/t13-,14-. The minimum Gasteiger partial charge on any atom is -0.440 e. The Kier molecular flexibility index (Phi) is 4.82. The molecule has 2 heterocycles. The molecule has 0 N–H and O–H groups in total. The second-order valence-corrected chi connectivity index (χ2v) is 7.38. The number of Topliss-reactive ketones (excluding diaryl/α,β-unsaturated/α-hetero) is 1. The summed E-state index contributed by atoms with van der Waals surface area (Å²) in [5, 5.41) is 11.6. The van der Waals surface area contributed by atoms with Gasteiger partial charge in [-0.05, 0) is 38.7 Å². The van der Waals surface area contributed by atoms with Crippen molar-refractivity contribution in [2.45, 2.75) is 38.5 Å². The van der Waals surface area contributed by atoms with Crippen LogP contribution in [0.2, 0.25) is 0 Å². The fourth-order valence-corrected chi connectivity index (χ4v) is 4.10. The van der Waals surface area contributed by atoms with Crippen LogP contribution in [0, 0.1) is 16.0 Å². The van der Waals surface area contributed by atoms with E-state index in [1.54, 1.807) is 13.0 Å². The number of fused-ring (bicyclic) bond motifs is 1. The number of carbonyl (C=O) groups excluding carboxylic acids is 1. The summed E-state index contributed by atoms with van der Waals surface area (Å²) in [6.07, 6.45) is 3.40. The lowest BCUT2D eigenvalue weighted by molar-refractivity contribution is -0.384. The van der Waals surface area contributed by atoms with Gasteiger partial charge in [0.25, 0.3) is 5.69 Å². The molecule has 0 amide bonds. The van der Waals surface area contributed by atoms with Gasteiger partial charge in [-0.1, -0.05) is 0 Å². The van der Waals surface area contributed by atoms with Gasteiger partial charge in [0.05, 0.1) is 24.2 Å². The SMILES string of the molecule is CC(=O)[C@H]1CC[C@H](c2nc3cc(N4CCOCC4)c([N+](=O)[O-])cc3o2)CC1. The Morgan fingerprint density at radius 3 is 2.56 bits per heavy atom. The van der Waals surface area contributed by atoms with Crippen molar-refractivity contribution >= 4 is 28.3 Å². The number of hydrogen-bond acceptors (Lipinski definition) is 7. The second kappa shape index (κ2) is 7.26. The lowest BCUT2D eigenvalue weighted by Crippen LogP contribution is -2.36. The molecule has 1 aliphatic carbocycles. The second-order valence-electron chi connectivity index (χ2n) is 7.38. The summed E-state index contributed by atoms with van der Waals surface area (Å²) in [4.78, 5) is 29.4. The van der Waals surface area contributed by atoms with Crippen LogP contribution in [0.4, 0.5) is 11.4 Å². The highest BCUT2D eigenvalue weighted by atomic mass is 16.6. The molecule has 2 fully saturated rings. The van der Waals surface area contributed by atoms with Crippen molar-refractivity contribution in [3.8, 4) is 0 Å². The predicted octanol–water partition coefficient (Wildman–Crippen LogP) is 3.44. The predicted molar refractivity (Wildman–Crippen MR) is 99.1 cm³/mol. The van der Waals surface area contributed by atoms with Crippen molar-refractivity contribution in [2.24, 2.45) is 5.92 Å². The molecular weight excluding hydrogens is 350 g/mol. The number of ketones is 1. The maximum atomic E-state index is 11.6. The van der Waals surface area contributed by atoms with E-state index in [1.807, 2.05) is 4.90 Å². The van der Waals surface area contributed by atoms with Gasteiger partial charge >= 0.3 is 0 Å². The summed E-state index contributed by atoms with van der Waals surface area (Å²) in [5.74, 6) is 1.18. The molecule has 0 bridgehead atoms. The Labute approximate surface area is 156 Å². The van der Waals surface area contributed by atoms with E-state index in [0.717, 1.165) is 25.7 Å². The van der Waals surface area contributed by atoms with E-state index in [0.29, 0.717) is 49.0 Å². The van der Waals surface area contributed by atoms with Crippen LogP contribution in [0.1, 0.15) is 44.4 Å². The Bertz CT molecular complexity index is 864. The Morgan fingerprint density at radius 1 is 1.22 bits per heavy atom. The first-order valence-corrected chi connectivity index (χ1v) is 9.45. The molecule has 0 unspecified atom stereocenters. The zero-order chi connectivity index (χ0) is 19.0. The van der Waals surface area contributed by atoms with E-state index in [4.69, 9.17) is 9.15 Å². The zero-order valence-corrected chi connectivity index (χ0v) is 15.3. The molecule has 1 saturated carbocycles. The zero-order valence-electron chi connectivity index (χ0n) is 15.3. The molecule has 1 saturated heterocycles. The molecule has 1 aliphatic heterocycles. The normalized spacial score (nSPS) is 23.5. The van der Waals surface area contributed by atoms with Crippen molar-refractivity contribution in [1.82, 2.24) is 4.98 Å². The van der Waals surface area contributed by atoms with Gasteiger partial charge in [-0.3, -0.25) is 14.9 Å². The Balaban J connectivity index is 1.64. The first-order valence-electron chi connectivity index (χ1n) is 9.45. The number of morpholine rings is 1. The average Bonchev–Trinajstić information content (AvgIpc) is 3.11. The molecule has 2 aromatic rings. The number of nitro groups is 1. The quantitative estimate of drug-likeness (QED) is 0.598. The average molecular weight is 373 g/mol. The van der Waals surface area contributed by atoms with Gasteiger partial charge in [-0.25, -0.2) is 4.98 Å². The van der Waals surface area contributed by atoms with Gasteiger partial charge in [0, 0.05) is 24.9 Å². The van der Waals surface area contributed by atoms with Crippen molar-refractivity contribution in [2.75, 3.05) is 31.2 Å². The number of anilines is 1. The summed E-state index contributed by atoms with van der Waals surface area (Å²) in [5.41, 5.74) is 1.69. The number of benzene rings is 1. The molecule has 1 aromatic carbocycles. The number of nitro benzene ring substituents is 1. The molecule has 8 heteroatoms. The van der Waals surface area contributed by atoms with E-state index in [2.05, 4.69) is 4.98 Å². The summed E-state index contributed by atoms with van der Waals surface area (Å²) in [6.45, 7) is 3.99. The van der Waals surface area contributed by atoms with E-state index in [-0.39, 0.29) is 28.2 Å². The first-order chi connectivity index (χ1) is 13.0. The Hall–Kier alpha value is -2.48. The van der Waals surface area contributed by atoms with Gasteiger partial charge in [-0.2, -0.15) is 0 Å². The highest BCUT2D eigenvalue weighted by Gasteiger charge is 2.29. The molecule has 1 aromatic heterocycles. The molecular formula is C19H23N3O5. The monoisotopic (exact) mass is 373 g/mol. The van der Waals surface area contributed by atoms with Gasteiger partial charge in [0.15, 0.2) is 11.5 Å². The topological polar surface area (TPSA) is 98.7 Å². The van der Waals surface area contributed by atoms with Gasteiger partial charge in [0.1, 0.15) is 17.0 Å². The van der Waals surface area contributed by atoms with Crippen molar-refractivity contribution in [3.05, 3.63) is 28.1 Å². The molecule has 0 atom stereocenters. The van der Waals surface area contributed by atoms with Crippen LogP contribution in [0.25, 0.3) is 11.1 Å². The lowest BCUT2D eigenvalue weighted by Gasteiger charge is -2.28. The van der Waals surface area contributed by atoms with Crippen molar-refractivity contribution in [3.63, 3.8) is 0 Å². The third kappa shape index (κ3) is 3.53. The molecule has 27 heavy (non-hydrogen) atoms. The number of aromatic nitrogens is 1. The summed E-state index contributed by atoms with van der Waals surface area (Å²) in [6, 6.07) is 3.24. The smallest absolute Gasteiger partial charge is 0.296 e. The summed E-state index contributed by atoms with van der Waals surface area (Å²) < 4.78 is 11.2. The molecule has 4 rings (SSSR count). The molecule has 8 nitrogen and oxygen atoms in total. The van der Waals surface area contributed by atoms with E-state index in [9.17, 15) is 14.9 Å². The van der Waals surface area contributed by atoms with Crippen LogP contribution >= 0.6 is 0 Å². The first kappa shape index (κ1) is 17.9. The van der Waals surface area contributed by atoms with Crippen LogP contribution < -0.4 is 4.90 Å². The number of rotatable bonds is 4. The highest BCUT2D eigenvalue weighted by molar-refractivity contribution is 5.84. The van der Waals surface area contributed by atoms with Crippen LogP contribution in [0.3, 0.4) is 0 Å². The van der Waals surface area contributed by atoms with Gasteiger partial charge in [0.2, 0.25) is 0 Å². The largest absolute Gasteiger partial charge is 0.440 e. The van der Waals surface area contributed by atoms with Crippen LogP contribution in [-0.2, 0) is 9.53 Å². The fraction of sp³-hybridized carbons (Fsp3) is 0.579. The van der Waals surface area contributed by atoms with E-state index < -0.39 is 0 Å². The van der Waals surface area contributed by atoms with E-state index in [1.165, 1.54) is 6.07 Å². The third-order valence-electron chi connectivity index (χ3n) is 5.70. The molecule has 2 aliphatic rings. The molecule has 0 spiro atoms. The number of carbonyl (C=O) groups is 1. The van der Waals surface area contributed by atoms with Crippen molar-refractivity contribution < 1.29 is 18.9 Å². The number of oxazole rings is 1. The lowest BCUT2D eigenvalue weighted by atomic mass is 9.80. The number of hydrogen-bond donors (Lipinski definition) is 0. The van der Waals surface area contributed by atoms with Crippen molar-refractivity contribution in [1.29, 1.82) is 0 Å². The third-order valence-corrected chi connectivity index (χ3v) is 5.70. The highest BCUT2D eigenvalue weighted by Crippen LogP contribution is 2.39. The number of ether oxygens (including phenoxy) is 1. The maximum Gasteiger partial charge on any atom is 0.296 e. The van der Waals surface area contributed by atoms with Crippen LogP contribution in [-0.4, -0.2) is 42.0 Å². The van der Waals surface area contributed by atoms with Crippen LogP contribution in [0.5, 0.6) is 0 Å². The van der Waals surface area contributed by atoms with E-state index >= 15 is 0 Å². The van der Waals surface area contributed by atoms with Crippen LogP contribution in [0.15, 0.2) is 16.5 Å².